The van der Waals surface area contributed by atoms with Gasteiger partial charge in [0.2, 0.25) is 5.95 Å². The van der Waals surface area contributed by atoms with Gasteiger partial charge in [-0.2, -0.15) is 4.98 Å². The van der Waals surface area contributed by atoms with Crippen molar-refractivity contribution >= 4 is 22.7 Å². The number of rotatable bonds is 8. The first-order chi connectivity index (χ1) is 15.5. The van der Waals surface area contributed by atoms with Crippen LogP contribution in [0.25, 0.3) is 10.9 Å². The number of hydrogen-bond acceptors (Lipinski definition) is 6. The van der Waals surface area contributed by atoms with Gasteiger partial charge in [-0.05, 0) is 80.9 Å². The second-order valence-electron chi connectivity index (χ2n) is 8.88. The second kappa shape index (κ2) is 10.1. The molecule has 0 aliphatic heterocycles. The molecule has 0 bridgehead atoms. The van der Waals surface area contributed by atoms with Crippen LogP contribution in [-0.2, 0) is 6.42 Å². The normalized spacial score (nSPS) is 18.6. The second-order valence-corrected chi connectivity index (χ2v) is 8.88. The molecule has 4 rings (SSSR count). The van der Waals surface area contributed by atoms with Crippen molar-refractivity contribution in [2.45, 2.75) is 38.1 Å². The zero-order chi connectivity index (χ0) is 22.5. The third-order valence-corrected chi connectivity index (χ3v) is 6.22. The fourth-order valence-corrected chi connectivity index (χ4v) is 4.40. The maximum absolute atomic E-state index is 13.4. The van der Waals surface area contributed by atoms with Crippen LogP contribution < -0.4 is 15.5 Å². The number of nitrogens with one attached hydrogen (secondary N) is 2. The van der Waals surface area contributed by atoms with Gasteiger partial charge in [-0.1, -0.05) is 18.2 Å². The van der Waals surface area contributed by atoms with Crippen LogP contribution in [-0.4, -0.2) is 48.3 Å². The first-order valence-electron chi connectivity index (χ1n) is 11.4. The van der Waals surface area contributed by atoms with Crippen LogP contribution in [0.1, 0.15) is 31.2 Å². The van der Waals surface area contributed by atoms with Crippen LogP contribution in [0.15, 0.2) is 42.5 Å². The molecule has 3 aromatic rings. The number of aromatic hydroxyl groups is 1. The van der Waals surface area contributed by atoms with E-state index in [9.17, 15) is 9.50 Å². The Morgan fingerprint density at radius 2 is 1.84 bits per heavy atom. The average Bonchev–Trinajstić information content (AvgIpc) is 2.79. The molecule has 1 aromatic heterocycles. The Hall–Kier alpha value is -2.93. The Morgan fingerprint density at radius 3 is 2.59 bits per heavy atom. The third-order valence-electron chi connectivity index (χ3n) is 6.22. The summed E-state index contributed by atoms with van der Waals surface area (Å²) in [4.78, 5) is 11.5. The third kappa shape index (κ3) is 5.46. The largest absolute Gasteiger partial charge is 0.505 e. The standard InChI is InChI=1S/C25H32FN5O/c1-31(2)24-20-5-3-4-6-22(20)29-25(30-24)28-19-10-7-18(8-11-19)16-27-14-13-17-9-12-23(32)21(26)15-17/h3-6,9,12,15,18-19,27,32H,7-8,10-11,13-14,16H2,1-2H3,(H,28,29,30). The molecule has 0 amide bonds. The Morgan fingerprint density at radius 1 is 1.06 bits per heavy atom. The maximum atomic E-state index is 13.4. The summed E-state index contributed by atoms with van der Waals surface area (Å²) in [5.41, 5.74) is 1.85. The van der Waals surface area contributed by atoms with Crippen LogP contribution >= 0.6 is 0 Å². The number of anilines is 2. The Balaban J connectivity index is 1.24. The van der Waals surface area contributed by atoms with Crippen LogP contribution in [0.4, 0.5) is 16.2 Å². The molecule has 32 heavy (non-hydrogen) atoms. The Labute approximate surface area is 188 Å². The molecule has 7 heteroatoms. The van der Waals surface area contributed by atoms with Gasteiger partial charge in [0.05, 0.1) is 5.52 Å². The lowest BCUT2D eigenvalue weighted by Crippen LogP contribution is -2.32. The van der Waals surface area contributed by atoms with Crippen molar-refractivity contribution in [3.63, 3.8) is 0 Å². The number of phenolic OH excluding ortho intramolecular Hbond substituents is 1. The average molecular weight is 438 g/mol. The molecule has 1 fully saturated rings. The molecule has 3 N–H and O–H groups in total. The summed E-state index contributed by atoms with van der Waals surface area (Å²) in [7, 11) is 4.02. The van der Waals surface area contributed by atoms with E-state index in [0.29, 0.717) is 17.9 Å². The van der Waals surface area contributed by atoms with Crippen molar-refractivity contribution in [1.82, 2.24) is 15.3 Å². The van der Waals surface area contributed by atoms with Gasteiger partial charge in [0.25, 0.3) is 0 Å². The minimum Gasteiger partial charge on any atom is -0.505 e. The molecule has 0 saturated heterocycles. The molecule has 0 radical (unpaired) electrons. The zero-order valence-corrected chi connectivity index (χ0v) is 18.8. The first-order valence-corrected chi connectivity index (χ1v) is 11.4. The highest BCUT2D eigenvalue weighted by Crippen LogP contribution is 2.28. The number of fused-ring (bicyclic) bond motifs is 1. The molecule has 6 nitrogen and oxygen atoms in total. The number of phenols is 1. The summed E-state index contributed by atoms with van der Waals surface area (Å²) in [6, 6.07) is 13.1. The molecule has 0 unspecified atom stereocenters. The molecule has 1 saturated carbocycles. The Bertz CT molecular complexity index is 1050. The highest BCUT2D eigenvalue weighted by Gasteiger charge is 2.22. The topological polar surface area (TPSA) is 73.3 Å². The summed E-state index contributed by atoms with van der Waals surface area (Å²) in [6.45, 7) is 1.78. The summed E-state index contributed by atoms with van der Waals surface area (Å²) in [5, 5.41) is 17.4. The zero-order valence-electron chi connectivity index (χ0n) is 18.8. The summed E-state index contributed by atoms with van der Waals surface area (Å²) in [5.74, 6) is 1.44. The van der Waals surface area contributed by atoms with Crippen molar-refractivity contribution in [2.75, 3.05) is 37.4 Å². The van der Waals surface area contributed by atoms with E-state index in [0.717, 1.165) is 67.5 Å². The summed E-state index contributed by atoms with van der Waals surface area (Å²) >= 11 is 0. The maximum Gasteiger partial charge on any atom is 0.225 e. The molecular weight excluding hydrogens is 405 g/mol. The number of nitrogens with zero attached hydrogens (tertiary/aromatic N) is 3. The van der Waals surface area contributed by atoms with Gasteiger partial charge in [0.15, 0.2) is 11.6 Å². The van der Waals surface area contributed by atoms with Gasteiger partial charge >= 0.3 is 0 Å². The van der Waals surface area contributed by atoms with Crippen LogP contribution in [0.3, 0.4) is 0 Å². The van der Waals surface area contributed by atoms with E-state index < -0.39 is 5.82 Å². The molecule has 2 aromatic carbocycles. The molecular formula is C25H32FN5O. The number of hydrogen-bond donors (Lipinski definition) is 3. The van der Waals surface area contributed by atoms with Gasteiger partial charge in [-0.15, -0.1) is 0 Å². The Kier molecular flexibility index (Phi) is 7.05. The van der Waals surface area contributed by atoms with Crippen molar-refractivity contribution < 1.29 is 9.50 Å². The lowest BCUT2D eigenvalue weighted by molar-refractivity contribution is 0.325. The predicted molar refractivity (Wildman–Crippen MR) is 128 cm³/mol. The lowest BCUT2D eigenvalue weighted by Gasteiger charge is -2.29. The molecule has 1 aliphatic carbocycles. The molecule has 1 aliphatic rings. The lowest BCUT2D eigenvalue weighted by atomic mass is 9.86. The van der Waals surface area contributed by atoms with Gasteiger partial charge in [0.1, 0.15) is 5.82 Å². The number of aromatic nitrogens is 2. The smallest absolute Gasteiger partial charge is 0.225 e. The minimum absolute atomic E-state index is 0.292. The highest BCUT2D eigenvalue weighted by atomic mass is 19.1. The number of halogens is 1. The van der Waals surface area contributed by atoms with Gasteiger partial charge < -0.3 is 20.6 Å². The van der Waals surface area contributed by atoms with E-state index in [1.54, 1.807) is 6.07 Å². The van der Waals surface area contributed by atoms with E-state index in [4.69, 9.17) is 9.97 Å². The van der Waals surface area contributed by atoms with Crippen LogP contribution in [0.5, 0.6) is 5.75 Å². The van der Waals surface area contributed by atoms with Crippen LogP contribution in [0.2, 0.25) is 0 Å². The molecule has 1 heterocycles. The van der Waals surface area contributed by atoms with Gasteiger partial charge in [-0.3, -0.25) is 0 Å². The van der Waals surface area contributed by atoms with Crippen LogP contribution in [0, 0.1) is 11.7 Å². The molecule has 170 valence electrons. The van der Waals surface area contributed by atoms with Gasteiger partial charge in [0, 0.05) is 25.5 Å². The summed E-state index contributed by atoms with van der Waals surface area (Å²) in [6.07, 6.45) is 5.27. The highest BCUT2D eigenvalue weighted by molar-refractivity contribution is 5.90. The van der Waals surface area contributed by atoms with E-state index in [1.807, 2.05) is 37.2 Å². The first kappa shape index (κ1) is 22.3. The van der Waals surface area contributed by atoms with Gasteiger partial charge in [-0.25, -0.2) is 9.37 Å². The fraction of sp³-hybridized carbons (Fsp3) is 0.440. The fourth-order valence-electron chi connectivity index (χ4n) is 4.40. The monoisotopic (exact) mass is 437 g/mol. The minimum atomic E-state index is -0.554. The predicted octanol–water partition coefficient (Wildman–Crippen LogP) is 4.34. The van der Waals surface area contributed by atoms with Crippen molar-refractivity contribution in [1.29, 1.82) is 0 Å². The molecule has 0 spiro atoms. The van der Waals surface area contributed by atoms with Crippen molar-refractivity contribution in [3.05, 3.63) is 53.8 Å². The van der Waals surface area contributed by atoms with E-state index >= 15 is 0 Å². The van der Waals surface area contributed by atoms with Crippen molar-refractivity contribution in [2.24, 2.45) is 5.92 Å². The SMILES string of the molecule is CN(C)c1nc(NC2CCC(CNCCc3ccc(O)c(F)c3)CC2)nc2ccccc12. The molecule has 0 atom stereocenters. The van der Waals surface area contributed by atoms with Crippen molar-refractivity contribution in [3.8, 4) is 5.75 Å². The number of benzene rings is 2. The summed E-state index contributed by atoms with van der Waals surface area (Å²) < 4.78 is 13.4. The van der Waals surface area contributed by atoms with E-state index in [1.165, 1.54) is 12.1 Å². The van der Waals surface area contributed by atoms with E-state index in [-0.39, 0.29) is 5.75 Å². The van der Waals surface area contributed by atoms with E-state index in [2.05, 4.69) is 16.7 Å². The number of para-hydroxylation sites is 1. The quantitative estimate of drug-likeness (QED) is 0.455.